The number of carbonyl (C=O) groups excluding carboxylic acids is 2. The Kier molecular flexibility index (Phi) is 6.06. The fraction of sp³-hybridized carbons (Fsp3) is 0.889. The molecular weight excluding hydrogens is 296 g/mol. The molecule has 5 nitrogen and oxygen atoms in total. The Morgan fingerprint density at radius 1 is 1.22 bits per heavy atom. The maximum atomic E-state index is 12.2. The summed E-state index contributed by atoms with van der Waals surface area (Å²) in [4.78, 5) is 24.2. The summed E-state index contributed by atoms with van der Waals surface area (Å²) in [6.07, 6.45) is 7.20. The predicted molar refractivity (Wildman–Crippen MR) is 85.9 cm³/mol. The molecule has 2 fully saturated rings. The minimum Gasteiger partial charge on any atom is -0.454 e. The van der Waals surface area contributed by atoms with E-state index in [9.17, 15) is 9.59 Å². The van der Waals surface area contributed by atoms with Gasteiger partial charge in [0.25, 0.3) is 0 Å². The molecule has 0 aromatic carbocycles. The van der Waals surface area contributed by atoms with Gasteiger partial charge in [-0.2, -0.15) is 0 Å². The van der Waals surface area contributed by atoms with E-state index >= 15 is 0 Å². The molecule has 1 heterocycles. The van der Waals surface area contributed by atoms with E-state index in [1.807, 2.05) is 20.8 Å². The topological polar surface area (TPSA) is 61.8 Å². The SMILES string of the molecule is CCC(C)(C)C(=O)OCC(=O)OC1(C2CCCCC2)CCOC1. The lowest BCUT2D eigenvalue weighted by Gasteiger charge is -2.38. The predicted octanol–water partition coefficient (Wildman–Crippen LogP) is 3.25. The van der Waals surface area contributed by atoms with Gasteiger partial charge in [-0.05, 0) is 33.1 Å². The molecule has 2 rings (SSSR count). The van der Waals surface area contributed by atoms with Gasteiger partial charge < -0.3 is 14.2 Å². The zero-order chi connectivity index (χ0) is 16.9. The highest BCUT2D eigenvalue weighted by molar-refractivity contribution is 5.80. The third-order valence-electron chi connectivity index (χ3n) is 5.44. The maximum absolute atomic E-state index is 12.2. The monoisotopic (exact) mass is 326 g/mol. The van der Waals surface area contributed by atoms with Crippen molar-refractivity contribution in [2.45, 2.75) is 71.3 Å². The minimum absolute atomic E-state index is 0.309. The van der Waals surface area contributed by atoms with Crippen LogP contribution in [0, 0.1) is 11.3 Å². The fourth-order valence-corrected chi connectivity index (χ4v) is 3.40. The second kappa shape index (κ2) is 7.65. The first kappa shape index (κ1) is 18.2. The highest BCUT2D eigenvalue weighted by Gasteiger charge is 2.46. The van der Waals surface area contributed by atoms with Gasteiger partial charge in [0.15, 0.2) is 6.61 Å². The van der Waals surface area contributed by atoms with Crippen LogP contribution in [0.25, 0.3) is 0 Å². The van der Waals surface area contributed by atoms with Crippen LogP contribution in [0.15, 0.2) is 0 Å². The van der Waals surface area contributed by atoms with Gasteiger partial charge in [0.05, 0.1) is 18.6 Å². The minimum atomic E-state index is -0.572. The smallest absolute Gasteiger partial charge is 0.344 e. The van der Waals surface area contributed by atoms with Crippen molar-refractivity contribution in [1.29, 1.82) is 0 Å². The normalized spacial score (nSPS) is 26.0. The summed E-state index contributed by atoms with van der Waals surface area (Å²) in [6.45, 7) is 6.35. The van der Waals surface area contributed by atoms with Gasteiger partial charge in [0.1, 0.15) is 5.60 Å². The van der Waals surface area contributed by atoms with Crippen LogP contribution in [0.4, 0.5) is 0 Å². The number of esters is 2. The second-order valence-corrected chi connectivity index (χ2v) is 7.49. The van der Waals surface area contributed by atoms with E-state index in [2.05, 4.69) is 0 Å². The van der Waals surface area contributed by atoms with E-state index in [1.54, 1.807) is 0 Å². The van der Waals surface area contributed by atoms with Gasteiger partial charge in [-0.3, -0.25) is 4.79 Å². The molecule has 0 N–H and O–H groups in total. The summed E-state index contributed by atoms with van der Waals surface area (Å²) in [7, 11) is 0. The molecule has 1 saturated carbocycles. The zero-order valence-electron chi connectivity index (χ0n) is 14.7. The van der Waals surface area contributed by atoms with E-state index in [4.69, 9.17) is 14.2 Å². The van der Waals surface area contributed by atoms with Crippen LogP contribution in [0.5, 0.6) is 0 Å². The highest BCUT2D eigenvalue weighted by atomic mass is 16.6. The summed E-state index contributed by atoms with van der Waals surface area (Å²) >= 11 is 0. The van der Waals surface area contributed by atoms with Crippen molar-refractivity contribution in [3.8, 4) is 0 Å². The van der Waals surface area contributed by atoms with E-state index in [0.29, 0.717) is 25.6 Å². The largest absolute Gasteiger partial charge is 0.454 e. The van der Waals surface area contributed by atoms with Crippen LogP contribution in [0.3, 0.4) is 0 Å². The molecule has 1 aliphatic carbocycles. The molecule has 132 valence electrons. The van der Waals surface area contributed by atoms with Gasteiger partial charge in [-0.25, -0.2) is 4.79 Å². The van der Waals surface area contributed by atoms with Crippen molar-refractivity contribution in [2.24, 2.45) is 11.3 Å². The van der Waals surface area contributed by atoms with Gasteiger partial charge >= 0.3 is 11.9 Å². The molecule has 1 saturated heterocycles. The van der Waals surface area contributed by atoms with Crippen LogP contribution in [-0.4, -0.2) is 37.4 Å². The number of hydrogen-bond donors (Lipinski definition) is 0. The quantitative estimate of drug-likeness (QED) is 0.701. The number of carbonyl (C=O) groups is 2. The van der Waals surface area contributed by atoms with Crippen molar-refractivity contribution < 1.29 is 23.8 Å². The summed E-state index contributed by atoms with van der Waals surface area (Å²) in [5, 5.41) is 0. The Labute approximate surface area is 139 Å². The van der Waals surface area contributed by atoms with Crippen LogP contribution in [0.2, 0.25) is 0 Å². The van der Waals surface area contributed by atoms with E-state index in [-0.39, 0.29) is 12.6 Å². The molecule has 0 radical (unpaired) electrons. The molecular formula is C18H30O5. The highest BCUT2D eigenvalue weighted by Crippen LogP contribution is 2.40. The second-order valence-electron chi connectivity index (χ2n) is 7.49. The summed E-state index contributed by atoms with van der Waals surface area (Å²) < 4.78 is 16.5. The molecule has 1 aliphatic heterocycles. The lowest BCUT2D eigenvalue weighted by molar-refractivity contribution is -0.179. The number of hydrogen-bond acceptors (Lipinski definition) is 5. The Bertz CT molecular complexity index is 417. The van der Waals surface area contributed by atoms with Crippen molar-refractivity contribution >= 4 is 11.9 Å². The third kappa shape index (κ3) is 4.46. The summed E-state index contributed by atoms with van der Waals surface area (Å²) in [5.74, 6) is -0.446. The third-order valence-corrected chi connectivity index (χ3v) is 5.44. The zero-order valence-corrected chi connectivity index (χ0v) is 14.7. The van der Waals surface area contributed by atoms with Crippen molar-refractivity contribution in [1.82, 2.24) is 0 Å². The molecule has 0 aromatic heterocycles. The Balaban J connectivity index is 1.90. The molecule has 5 heteroatoms. The van der Waals surface area contributed by atoms with Gasteiger partial charge in [-0.1, -0.05) is 26.2 Å². The van der Waals surface area contributed by atoms with E-state index in [1.165, 1.54) is 19.3 Å². The molecule has 1 unspecified atom stereocenters. The molecule has 0 amide bonds. The Morgan fingerprint density at radius 2 is 1.91 bits per heavy atom. The van der Waals surface area contributed by atoms with Crippen LogP contribution >= 0.6 is 0 Å². The van der Waals surface area contributed by atoms with Crippen LogP contribution in [0.1, 0.15) is 65.7 Å². The van der Waals surface area contributed by atoms with E-state index in [0.717, 1.165) is 19.3 Å². The first-order chi connectivity index (χ1) is 10.9. The van der Waals surface area contributed by atoms with E-state index < -0.39 is 17.0 Å². The van der Waals surface area contributed by atoms with Crippen LogP contribution in [-0.2, 0) is 23.8 Å². The summed E-state index contributed by atoms with van der Waals surface area (Å²) in [6, 6.07) is 0. The Hall–Kier alpha value is -1.10. The van der Waals surface area contributed by atoms with Gasteiger partial charge in [0, 0.05) is 12.3 Å². The fourth-order valence-electron chi connectivity index (χ4n) is 3.40. The first-order valence-corrected chi connectivity index (χ1v) is 8.86. The summed E-state index contributed by atoms with van der Waals surface area (Å²) in [5.41, 5.74) is -1.08. The van der Waals surface area contributed by atoms with Crippen LogP contribution < -0.4 is 0 Å². The molecule has 0 spiro atoms. The molecule has 0 bridgehead atoms. The Morgan fingerprint density at radius 3 is 2.48 bits per heavy atom. The van der Waals surface area contributed by atoms with Gasteiger partial charge in [0.2, 0.25) is 0 Å². The lowest BCUT2D eigenvalue weighted by atomic mass is 9.76. The average Bonchev–Trinajstić information content (AvgIpc) is 3.03. The molecule has 23 heavy (non-hydrogen) atoms. The van der Waals surface area contributed by atoms with Crippen molar-refractivity contribution in [2.75, 3.05) is 19.8 Å². The maximum Gasteiger partial charge on any atom is 0.344 e. The van der Waals surface area contributed by atoms with Crippen molar-refractivity contribution in [3.05, 3.63) is 0 Å². The molecule has 1 atom stereocenters. The molecule has 0 aromatic rings. The average molecular weight is 326 g/mol. The lowest BCUT2D eigenvalue weighted by Crippen LogP contribution is -2.45. The number of ether oxygens (including phenoxy) is 3. The standard InChI is InChI=1S/C18H30O5/c1-4-17(2,3)16(20)22-12-15(19)23-18(10-11-21-13-18)14-8-6-5-7-9-14/h14H,4-13H2,1-3H3. The number of rotatable bonds is 6. The van der Waals surface area contributed by atoms with Gasteiger partial charge in [-0.15, -0.1) is 0 Å². The van der Waals surface area contributed by atoms with Crippen molar-refractivity contribution in [3.63, 3.8) is 0 Å². The molecule has 2 aliphatic rings. The first-order valence-electron chi connectivity index (χ1n) is 8.86.